The minimum Gasteiger partial charge on any atom is -0.495 e. The van der Waals surface area contributed by atoms with Crippen molar-refractivity contribution in [3.63, 3.8) is 0 Å². The van der Waals surface area contributed by atoms with E-state index in [9.17, 15) is 13.2 Å². The zero-order chi connectivity index (χ0) is 18.6. The number of anilines is 1. The van der Waals surface area contributed by atoms with Crippen LogP contribution in [-0.2, 0) is 14.8 Å². The van der Waals surface area contributed by atoms with Crippen molar-refractivity contribution in [3.8, 4) is 5.75 Å². The van der Waals surface area contributed by atoms with Gasteiger partial charge in [0.2, 0.25) is 5.91 Å². The molecule has 0 aliphatic heterocycles. The van der Waals surface area contributed by atoms with Gasteiger partial charge >= 0.3 is 0 Å². The Morgan fingerprint density at radius 2 is 1.80 bits per heavy atom. The van der Waals surface area contributed by atoms with E-state index < -0.39 is 15.9 Å². The smallest absolute Gasteiger partial charge is 0.270 e. The van der Waals surface area contributed by atoms with Gasteiger partial charge in [0.15, 0.2) is 0 Å². The molecule has 2 aromatic rings. The highest BCUT2D eigenvalue weighted by molar-refractivity contribution is 7.93. The monoisotopic (exact) mass is 381 g/mol. The van der Waals surface area contributed by atoms with Crippen molar-refractivity contribution in [2.24, 2.45) is 0 Å². The molecule has 0 heterocycles. The second-order valence-electron chi connectivity index (χ2n) is 5.55. The van der Waals surface area contributed by atoms with Gasteiger partial charge in [0.25, 0.3) is 10.0 Å². The Morgan fingerprint density at radius 3 is 2.32 bits per heavy atom. The predicted octanol–water partition coefficient (Wildman–Crippen LogP) is 4.18. The van der Waals surface area contributed by atoms with E-state index in [4.69, 9.17) is 16.3 Å². The van der Waals surface area contributed by atoms with Gasteiger partial charge in [-0.15, -0.1) is 0 Å². The van der Waals surface area contributed by atoms with Crippen LogP contribution in [-0.4, -0.2) is 21.4 Å². The number of nitrogens with zero attached hydrogens (tertiary/aromatic N) is 1. The largest absolute Gasteiger partial charge is 0.495 e. The Morgan fingerprint density at radius 1 is 1.16 bits per heavy atom. The Labute approximate surface area is 153 Å². The maximum absolute atomic E-state index is 13.1. The minimum atomic E-state index is -4.04. The van der Waals surface area contributed by atoms with Crippen molar-refractivity contribution < 1.29 is 17.9 Å². The Hall–Kier alpha value is -2.05. The molecule has 0 saturated carbocycles. The lowest BCUT2D eigenvalue weighted by atomic mass is 10.2. The van der Waals surface area contributed by atoms with Crippen LogP contribution in [0.15, 0.2) is 47.4 Å². The molecule has 0 aromatic heterocycles. The lowest BCUT2D eigenvalue weighted by Gasteiger charge is -2.23. The van der Waals surface area contributed by atoms with Crippen molar-refractivity contribution in [1.82, 2.24) is 0 Å². The number of sulfonamides is 1. The molecule has 0 atom stereocenters. The maximum atomic E-state index is 13.1. The van der Waals surface area contributed by atoms with E-state index in [0.29, 0.717) is 12.2 Å². The van der Waals surface area contributed by atoms with E-state index in [1.54, 1.807) is 12.1 Å². The van der Waals surface area contributed by atoms with Crippen LogP contribution in [0.4, 0.5) is 5.69 Å². The number of amides is 1. The van der Waals surface area contributed by atoms with Crippen LogP contribution >= 0.6 is 11.6 Å². The first-order chi connectivity index (χ1) is 11.8. The molecule has 0 unspecified atom stereocenters. The fourth-order valence-corrected chi connectivity index (χ4v) is 4.02. The molecular formula is C18H20ClNO4S. The first kappa shape index (κ1) is 19.3. The van der Waals surface area contributed by atoms with Crippen LogP contribution in [0.25, 0.3) is 0 Å². The summed E-state index contributed by atoms with van der Waals surface area (Å²) in [6.07, 6.45) is 0.636. The molecule has 0 spiro atoms. The van der Waals surface area contributed by atoms with Gasteiger partial charge in [-0.05, 0) is 43.7 Å². The zero-order valence-electron chi connectivity index (χ0n) is 14.3. The molecule has 0 aliphatic rings. The van der Waals surface area contributed by atoms with Gasteiger partial charge in [-0.2, -0.15) is 0 Å². The summed E-state index contributed by atoms with van der Waals surface area (Å²) in [6.45, 7) is 3.68. The molecule has 134 valence electrons. The van der Waals surface area contributed by atoms with Crippen molar-refractivity contribution in [2.45, 2.75) is 31.6 Å². The maximum Gasteiger partial charge on any atom is 0.270 e. The average molecular weight is 382 g/mol. The summed E-state index contributed by atoms with van der Waals surface area (Å²) >= 11 is 6.11. The number of hydrogen-bond acceptors (Lipinski definition) is 4. The normalized spacial score (nSPS) is 11.2. The standard InChI is InChI=1S/C18H20ClNO4S/c1-4-5-18(21)20(14-8-11-17(24-3)16(19)12-14)25(22,23)15-9-6-13(2)7-10-15/h6-12H,4-5H2,1-3H3. The number of rotatable bonds is 6. The second kappa shape index (κ2) is 7.89. The SMILES string of the molecule is CCCC(=O)N(c1ccc(OC)c(Cl)c1)S(=O)(=O)c1ccc(C)cc1. The highest BCUT2D eigenvalue weighted by Crippen LogP contribution is 2.32. The molecule has 0 radical (unpaired) electrons. The predicted molar refractivity (Wildman–Crippen MR) is 98.8 cm³/mol. The van der Waals surface area contributed by atoms with Gasteiger partial charge in [0.05, 0.1) is 22.7 Å². The number of carbonyl (C=O) groups is 1. The zero-order valence-corrected chi connectivity index (χ0v) is 15.9. The number of aryl methyl sites for hydroxylation is 1. The van der Waals surface area contributed by atoms with Gasteiger partial charge < -0.3 is 4.74 Å². The number of methoxy groups -OCH3 is 1. The van der Waals surface area contributed by atoms with Crippen molar-refractivity contribution in [1.29, 1.82) is 0 Å². The van der Waals surface area contributed by atoms with Crippen molar-refractivity contribution in [3.05, 3.63) is 53.1 Å². The fraction of sp³-hybridized carbons (Fsp3) is 0.278. The molecule has 5 nitrogen and oxygen atoms in total. The third kappa shape index (κ3) is 4.14. The summed E-state index contributed by atoms with van der Waals surface area (Å²) in [5.41, 5.74) is 1.11. The highest BCUT2D eigenvalue weighted by atomic mass is 35.5. The average Bonchev–Trinajstić information content (AvgIpc) is 2.55. The molecular weight excluding hydrogens is 362 g/mol. The van der Waals surface area contributed by atoms with Crippen molar-refractivity contribution in [2.75, 3.05) is 11.4 Å². The van der Waals surface area contributed by atoms with E-state index in [1.165, 1.54) is 37.4 Å². The van der Waals surface area contributed by atoms with E-state index in [0.717, 1.165) is 9.87 Å². The molecule has 2 aromatic carbocycles. The number of carbonyl (C=O) groups excluding carboxylic acids is 1. The topological polar surface area (TPSA) is 63.7 Å². The van der Waals surface area contributed by atoms with E-state index in [-0.39, 0.29) is 22.0 Å². The van der Waals surface area contributed by atoms with E-state index in [2.05, 4.69) is 0 Å². The molecule has 25 heavy (non-hydrogen) atoms. The van der Waals surface area contributed by atoms with Crippen LogP contribution in [0, 0.1) is 6.92 Å². The molecule has 2 rings (SSSR count). The van der Waals surface area contributed by atoms with Gasteiger partial charge in [0.1, 0.15) is 5.75 Å². The molecule has 0 N–H and O–H groups in total. The third-order valence-corrected chi connectivity index (χ3v) is 5.68. The summed E-state index contributed by atoms with van der Waals surface area (Å²) in [5.74, 6) is -0.106. The number of halogens is 1. The molecule has 7 heteroatoms. The summed E-state index contributed by atoms with van der Waals surface area (Å²) < 4.78 is 32.0. The molecule has 1 amide bonds. The summed E-state index contributed by atoms with van der Waals surface area (Å²) in [5, 5.41) is 0.230. The van der Waals surface area contributed by atoms with Crippen LogP contribution in [0.1, 0.15) is 25.3 Å². The third-order valence-electron chi connectivity index (χ3n) is 3.62. The minimum absolute atomic E-state index is 0.0505. The van der Waals surface area contributed by atoms with Crippen molar-refractivity contribution >= 4 is 33.2 Å². The summed E-state index contributed by atoms with van der Waals surface area (Å²) in [6, 6.07) is 10.8. The Balaban J connectivity index is 2.58. The second-order valence-corrected chi connectivity index (χ2v) is 7.74. The highest BCUT2D eigenvalue weighted by Gasteiger charge is 2.30. The van der Waals surface area contributed by atoms with Gasteiger partial charge in [-0.3, -0.25) is 4.79 Å². The van der Waals surface area contributed by atoms with Crippen LogP contribution < -0.4 is 9.04 Å². The Bertz CT molecular complexity index is 863. The summed E-state index contributed by atoms with van der Waals surface area (Å²) in [4.78, 5) is 12.6. The van der Waals surface area contributed by atoms with E-state index >= 15 is 0 Å². The van der Waals surface area contributed by atoms with Gasteiger partial charge in [0, 0.05) is 6.42 Å². The molecule has 0 bridgehead atoms. The number of ether oxygens (including phenoxy) is 1. The van der Waals surface area contributed by atoms with Crippen LogP contribution in [0.2, 0.25) is 5.02 Å². The number of benzene rings is 2. The molecule has 0 fully saturated rings. The first-order valence-corrected chi connectivity index (χ1v) is 9.61. The fourth-order valence-electron chi connectivity index (χ4n) is 2.33. The van der Waals surface area contributed by atoms with Crippen LogP contribution in [0.3, 0.4) is 0 Å². The lowest BCUT2D eigenvalue weighted by Crippen LogP contribution is -2.36. The molecule has 0 aliphatic carbocycles. The molecule has 0 saturated heterocycles. The van der Waals surface area contributed by atoms with E-state index in [1.807, 2.05) is 13.8 Å². The lowest BCUT2D eigenvalue weighted by molar-refractivity contribution is -0.117. The van der Waals surface area contributed by atoms with Crippen LogP contribution in [0.5, 0.6) is 5.75 Å². The summed E-state index contributed by atoms with van der Waals surface area (Å²) in [7, 11) is -2.58. The Kier molecular flexibility index (Phi) is 6.08. The first-order valence-electron chi connectivity index (χ1n) is 7.79. The van der Waals surface area contributed by atoms with Gasteiger partial charge in [-0.1, -0.05) is 36.2 Å². The quantitative estimate of drug-likeness (QED) is 0.753. The van der Waals surface area contributed by atoms with Gasteiger partial charge in [-0.25, -0.2) is 12.7 Å². The number of hydrogen-bond donors (Lipinski definition) is 0.